The van der Waals surface area contributed by atoms with Crippen molar-refractivity contribution in [2.24, 2.45) is 5.92 Å². The van der Waals surface area contributed by atoms with Gasteiger partial charge >= 0.3 is 5.97 Å². The molecule has 0 saturated carbocycles. The smallest absolute Gasteiger partial charge is 0.306 e. The zero-order chi connectivity index (χ0) is 11.1. The molecule has 0 saturated heterocycles. The second-order valence-corrected chi connectivity index (χ2v) is 3.82. The second kappa shape index (κ2) is 6.23. The van der Waals surface area contributed by atoms with Crippen LogP contribution in [0.15, 0.2) is 30.3 Å². The monoisotopic (exact) mass is 206 g/mol. The Labute approximate surface area is 90.9 Å². The van der Waals surface area contributed by atoms with Crippen molar-refractivity contribution in [1.29, 1.82) is 0 Å². The van der Waals surface area contributed by atoms with Crippen LogP contribution in [-0.4, -0.2) is 11.1 Å². The van der Waals surface area contributed by atoms with Gasteiger partial charge in [0.15, 0.2) is 0 Å². The van der Waals surface area contributed by atoms with E-state index in [0.717, 1.165) is 25.7 Å². The summed E-state index contributed by atoms with van der Waals surface area (Å²) >= 11 is 0. The van der Waals surface area contributed by atoms with Gasteiger partial charge in [-0.1, -0.05) is 37.3 Å². The van der Waals surface area contributed by atoms with Gasteiger partial charge in [-0.3, -0.25) is 4.79 Å². The van der Waals surface area contributed by atoms with Gasteiger partial charge in [0.25, 0.3) is 0 Å². The molecule has 0 aliphatic rings. The third kappa shape index (κ3) is 4.15. The van der Waals surface area contributed by atoms with Crippen molar-refractivity contribution in [1.82, 2.24) is 0 Å². The predicted octanol–water partition coefficient (Wildman–Crippen LogP) is 3.12. The lowest BCUT2D eigenvalue weighted by Gasteiger charge is -2.08. The summed E-state index contributed by atoms with van der Waals surface area (Å²) in [6, 6.07) is 10.2. The van der Waals surface area contributed by atoms with E-state index < -0.39 is 5.97 Å². The van der Waals surface area contributed by atoms with Crippen LogP contribution in [0.3, 0.4) is 0 Å². The van der Waals surface area contributed by atoms with Crippen molar-refractivity contribution in [2.75, 3.05) is 0 Å². The summed E-state index contributed by atoms with van der Waals surface area (Å²) in [5.74, 6) is -0.834. The first kappa shape index (κ1) is 11.8. The van der Waals surface area contributed by atoms with Crippen LogP contribution in [0.4, 0.5) is 0 Å². The maximum absolute atomic E-state index is 10.8. The largest absolute Gasteiger partial charge is 0.481 e. The Morgan fingerprint density at radius 1 is 1.33 bits per heavy atom. The molecule has 1 N–H and O–H groups in total. The Morgan fingerprint density at radius 2 is 2.00 bits per heavy atom. The van der Waals surface area contributed by atoms with E-state index >= 15 is 0 Å². The number of carboxylic acids is 1. The first-order chi connectivity index (χ1) is 7.24. The van der Waals surface area contributed by atoms with Crippen molar-refractivity contribution in [3.63, 3.8) is 0 Å². The molecule has 0 heterocycles. The summed E-state index contributed by atoms with van der Waals surface area (Å²) in [6.45, 7) is 1.93. The van der Waals surface area contributed by atoms with Crippen LogP contribution in [0.5, 0.6) is 0 Å². The molecule has 0 bridgehead atoms. The van der Waals surface area contributed by atoms with E-state index in [-0.39, 0.29) is 5.92 Å². The molecule has 2 heteroatoms. The molecule has 82 valence electrons. The summed E-state index contributed by atoms with van der Waals surface area (Å²) < 4.78 is 0. The summed E-state index contributed by atoms with van der Waals surface area (Å²) in [7, 11) is 0. The van der Waals surface area contributed by atoms with Gasteiger partial charge in [-0.05, 0) is 31.2 Å². The van der Waals surface area contributed by atoms with Crippen molar-refractivity contribution < 1.29 is 9.90 Å². The molecule has 0 aromatic heterocycles. The molecule has 0 amide bonds. The number of hydrogen-bond acceptors (Lipinski definition) is 1. The predicted molar refractivity (Wildman–Crippen MR) is 60.8 cm³/mol. The van der Waals surface area contributed by atoms with Crippen LogP contribution in [0, 0.1) is 5.92 Å². The second-order valence-electron chi connectivity index (χ2n) is 3.82. The zero-order valence-corrected chi connectivity index (χ0v) is 9.15. The fourth-order valence-electron chi connectivity index (χ4n) is 1.70. The number of hydrogen-bond donors (Lipinski definition) is 1. The van der Waals surface area contributed by atoms with Gasteiger partial charge in [0.1, 0.15) is 0 Å². The number of benzene rings is 1. The molecule has 0 radical (unpaired) electrons. The topological polar surface area (TPSA) is 37.3 Å². The van der Waals surface area contributed by atoms with Gasteiger partial charge in [-0.25, -0.2) is 0 Å². The molecule has 0 aliphatic carbocycles. The average molecular weight is 206 g/mol. The van der Waals surface area contributed by atoms with E-state index in [4.69, 9.17) is 5.11 Å². The van der Waals surface area contributed by atoms with Crippen molar-refractivity contribution in [3.8, 4) is 0 Å². The van der Waals surface area contributed by atoms with Gasteiger partial charge < -0.3 is 5.11 Å². The molecule has 1 unspecified atom stereocenters. The standard InChI is InChI=1S/C13H18O2/c1-2-12(13(14)15)10-6-9-11-7-4-3-5-8-11/h3-5,7-8,12H,2,6,9-10H2,1H3,(H,14,15). The highest BCUT2D eigenvalue weighted by Gasteiger charge is 2.13. The summed E-state index contributed by atoms with van der Waals surface area (Å²) in [4.78, 5) is 10.8. The molecule has 0 aliphatic heterocycles. The molecule has 2 nitrogen and oxygen atoms in total. The molecular weight excluding hydrogens is 188 g/mol. The number of aryl methyl sites for hydroxylation is 1. The van der Waals surface area contributed by atoms with Gasteiger partial charge in [-0.2, -0.15) is 0 Å². The Balaban J connectivity index is 2.30. The van der Waals surface area contributed by atoms with Crippen LogP contribution in [0.25, 0.3) is 0 Å². The van der Waals surface area contributed by atoms with Gasteiger partial charge in [0.05, 0.1) is 5.92 Å². The highest BCUT2D eigenvalue weighted by Crippen LogP contribution is 2.13. The highest BCUT2D eigenvalue weighted by atomic mass is 16.4. The third-order valence-electron chi connectivity index (χ3n) is 2.70. The third-order valence-corrected chi connectivity index (χ3v) is 2.70. The summed E-state index contributed by atoms with van der Waals surface area (Å²) in [5, 5.41) is 8.87. The van der Waals surface area contributed by atoms with E-state index in [0.29, 0.717) is 0 Å². The molecule has 0 fully saturated rings. The maximum atomic E-state index is 10.8. The van der Waals surface area contributed by atoms with Crippen LogP contribution >= 0.6 is 0 Å². The Hall–Kier alpha value is -1.31. The zero-order valence-electron chi connectivity index (χ0n) is 9.15. The van der Waals surface area contributed by atoms with Gasteiger partial charge in [0.2, 0.25) is 0 Å². The minimum Gasteiger partial charge on any atom is -0.481 e. The minimum atomic E-state index is -0.662. The molecule has 15 heavy (non-hydrogen) atoms. The van der Waals surface area contributed by atoms with E-state index in [1.54, 1.807) is 0 Å². The fourth-order valence-corrected chi connectivity index (χ4v) is 1.70. The Bertz CT molecular complexity index is 293. The van der Waals surface area contributed by atoms with Crippen molar-refractivity contribution in [3.05, 3.63) is 35.9 Å². The average Bonchev–Trinajstić information content (AvgIpc) is 2.25. The van der Waals surface area contributed by atoms with Crippen LogP contribution < -0.4 is 0 Å². The SMILES string of the molecule is CCC(CCCc1ccccc1)C(=O)O. The minimum absolute atomic E-state index is 0.172. The lowest BCUT2D eigenvalue weighted by atomic mass is 9.97. The number of carboxylic acid groups (broad SMARTS) is 1. The van der Waals surface area contributed by atoms with E-state index in [1.165, 1.54) is 5.56 Å². The highest BCUT2D eigenvalue weighted by molar-refractivity contribution is 5.69. The molecule has 1 rings (SSSR count). The molecule has 0 spiro atoms. The van der Waals surface area contributed by atoms with E-state index in [9.17, 15) is 4.79 Å². The van der Waals surface area contributed by atoms with Crippen LogP contribution in [0.2, 0.25) is 0 Å². The molecule has 1 aromatic rings. The number of rotatable bonds is 6. The lowest BCUT2D eigenvalue weighted by molar-refractivity contribution is -0.142. The maximum Gasteiger partial charge on any atom is 0.306 e. The first-order valence-electron chi connectivity index (χ1n) is 5.50. The van der Waals surface area contributed by atoms with Crippen LogP contribution in [0.1, 0.15) is 31.7 Å². The summed E-state index contributed by atoms with van der Waals surface area (Å²) in [6.07, 6.45) is 3.43. The lowest BCUT2D eigenvalue weighted by Crippen LogP contribution is -2.12. The molecular formula is C13H18O2. The van der Waals surface area contributed by atoms with Crippen molar-refractivity contribution in [2.45, 2.75) is 32.6 Å². The number of carbonyl (C=O) groups is 1. The van der Waals surface area contributed by atoms with E-state index in [2.05, 4.69) is 12.1 Å². The molecule has 1 aromatic carbocycles. The first-order valence-corrected chi connectivity index (χ1v) is 5.50. The Morgan fingerprint density at radius 3 is 2.53 bits per heavy atom. The van der Waals surface area contributed by atoms with Crippen LogP contribution in [-0.2, 0) is 11.2 Å². The fraction of sp³-hybridized carbons (Fsp3) is 0.462. The van der Waals surface area contributed by atoms with Gasteiger partial charge in [-0.15, -0.1) is 0 Å². The normalized spacial score (nSPS) is 12.3. The van der Waals surface area contributed by atoms with Crippen molar-refractivity contribution >= 4 is 5.97 Å². The molecule has 1 atom stereocenters. The van der Waals surface area contributed by atoms with E-state index in [1.807, 2.05) is 25.1 Å². The summed E-state index contributed by atoms with van der Waals surface area (Å²) in [5.41, 5.74) is 1.29. The number of aliphatic carboxylic acids is 1. The van der Waals surface area contributed by atoms with Gasteiger partial charge in [0, 0.05) is 0 Å². The quantitative estimate of drug-likeness (QED) is 0.776. The Kier molecular flexibility index (Phi) is 4.88.